The van der Waals surface area contributed by atoms with Gasteiger partial charge in [0.1, 0.15) is 0 Å². The predicted octanol–water partition coefficient (Wildman–Crippen LogP) is 1.60. The number of nitrogens with one attached hydrogen (secondary N) is 1. The zero-order valence-electron chi connectivity index (χ0n) is 7.86. The van der Waals surface area contributed by atoms with E-state index in [0.717, 1.165) is 5.56 Å². The molecule has 1 aliphatic heterocycles. The lowest BCUT2D eigenvalue weighted by atomic mass is 9.98. The molecule has 1 aliphatic rings. The van der Waals surface area contributed by atoms with Crippen LogP contribution < -0.4 is 11.1 Å². The molecule has 2 rings (SSSR count). The summed E-state index contributed by atoms with van der Waals surface area (Å²) in [6, 6.07) is 1.59. The molecule has 0 spiro atoms. The van der Waals surface area contributed by atoms with Crippen molar-refractivity contribution >= 4 is 17.3 Å². The summed E-state index contributed by atoms with van der Waals surface area (Å²) in [5.41, 5.74) is 7.57. The summed E-state index contributed by atoms with van der Waals surface area (Å²) >= 11 is 0. The smallest absolute Gasteiger partial charge is 0.224 e. The van der Waals surface area contributed by atoms with E-state index in [1.165, 1.54) is 0 Å². The van der Waals surface area contributed by atoms with Crippen LogP contribution in [0.25, 0.3) is 0 Å². The Kier molecular flexibility index (Phi) is 1.91. The van der Waals surface area contributed by atoms with E-state index in [9.17, 15) is 9.18 Å². The van der Waals surface area contributed by atoms with Gasteiger partial charge < -0.3 is 11.1 Å². The van der Waals surface area contributed by atoms with E-state index in [1.54, 1.807) is 13.0 Å². The number of hydrogen-bond donors (Lipinski definition) is 2. The average Bonchev–Trinajstić information content (AvgIpc) is 2.16. The van der Waals surface area contributed by atoms with Gasteiger partial charge in [-0.1, -0.05) is 0 Å². The highest BCUT2D eigenvalue weighted by atomic mass is 19.1. The number of nitrogen functional groups attached to an aromatic ring is 1. The SMILES string of the molecule is Cc1c(F)c(N)cc2c1NC(=O)CC2. The molecule has 0 aromatic heterocycles. The molecule has 0 fully saturated rings. The van der Waals surface area contributed by atoms with Gasteiger partial charge >= 0.3 is 0 Å². The van der Waals surface area contributed by atoms with E-state index in [0.29, 0.717) is 24.1 Å². The summed E-state index contributed by atoms with van der Waals surface area (Å²) in [6.07, 6.45) is 1.07. The fourth-order valence-corrected chi connectivity index (χ4v) is 1.71. The van der Waals surface area contributed by atoms with Crippen molar-refractivity contribution in [2.24, 2.45) is 0 Å². The standard InChI is InChI=1S/C10H11FN2O/c1-5-9(11)7(12)4-6-2-3-8(14)13-10(5)6/h4H,2-3,12H2,1H3,(H,13,14). The maximum absolute atomic E-state index is 13.4. The van der Waals surface area contributed by atoms with Crippen LogP contribution in [0.3, 0.4) is 0 Å². The summed E-state index contributed by atoms with van der Waals surface area (Å²) in [5.74, 6) is -0.504. The first-order valence-corrected chi connectivity index (χ1v) is 4.47. The van der Waals surface area contributed by atoms with Crippen molar-refractivity contribution in [1.29, 1.82) is 0 Å². The first kappa shape index (κ1) is 8.99. The van der Waals surface area contributed by atoms with Gasteiger partial charge in [-0.05, 0) is 25.0 Å². The maximum atomic E-state index is 13.4. The largest absolute Gasteiger partial charge is 0.396 e. The van der Waals surface area contributed by atoms with Gasteiger partial charge in [-0.25, -0.2) is 4.39 Å². The average molecular weight is 194 g/mol. The molecular formula is C10H11FN2O. The summed E-state index contributed by atoms with van der Waals surface area (Å²) in [5, 5.41) is 2.66. The number of hydrogen-bond acceptors (Lipinski definition) is 2. The van der Waals surface area contributed by atoms with Gasteiger partial charge in [0, 0.05) is 17.7 Å². The normalized spacial score (nSPS) is 14.9. The Balaban J connectivity index is 2.60. The van der Waals surface area contributed by atoms with Crippen molar-refractivity contribution in [2.75, 3.05) is 11.1 Å². The molecule has 1 aromatic rings. The number of nitrogens with two attached hydrogens (primary N) is 1. The lowest BCUT2D eigenvalue weighted by molar-refractivity contribution is -0.116. The maximum Gasteiger partial charge on any atom is 0.224 e. The van der Waals surface area contributed by atoms with Crippen LogP contribution in [0.5, 0.6) is 0 Å². The van der Waals surface area contributed by atoms with Gasteiger partial charge in [-0.3, -0.25) is 4.79 Å². The molecule has 0 saturated carbocycles. The number of halogens is 1. The molecule has 0 aliphatic carbocycles. The molecule has 3 nitrogen and oxygen atoms in total. The van der Waals surface area contributed by atoms with Crippen LogP contribution in [-0.4, -0.2) is 5.91 Å². The number of rotatable bonds is 0. The third kappa shape index (κ3) is 1.23. The van der Waals surface area contributed by atoms with Crippen LogP contribution in [0.2, 0.25) is 0 Å². The minimum atomic E-state index is -0.439. The van der Waals surface area contributed by atoms with Gasteiger partial charge in [0.25, 0.3) is 0 Å². The van der Waals surface area contributed by atoms with E-state index in [1.807, 2.05) is 0 Å². The number of anilines is 2. The Bertz CT molecular complexity index is 415. The van der Waals surface area contributed by atoms with Gasteiger partial charge in [0.2, 0.25) is 5.91 Å². The Labute approximate surface area is 81.1 Å². The predicted molar refractivity (Wildman–Crippen MR) is 52.5 cm³/mol. The van der Waals surface area contributed by atoms with Gasteiger partial charge in [0.05, 0.1) is 5.69 Å². The number of benzene rings is 1. The lowest BCUT2D eigenvalue weighted by Gasteiger charge is -2.20. The molecule has 4 heteroatoms. The topological polar surface area (TPSA) is 55.1 Å². The van der Waals surface area contributed by atoms with E-state index >= 15 is 0 Å². The highest BCUT2D eigenvalue weighted by Crippen LogP contribution is 2.31. The van der Waals surface area contributed by atoms with Gasteiger partial charge in [-0.15, -0.1) is 0 Å². The molecule has 0 radical (unpaired) electrons. The fourth-order valence-electron chi connectivity index (χ4n) is 1.71. The monoisotopic (exact) mass is 194 g/mol. The molecule has 14 heavy (non-hydrogen) atoms. The van der Waals surface area contributed by atoms with E-state index in [4.69, 9.17) is 5.73 Å². The van der Waals surface area contributed by atoms with Crippen molar-refractivity contribution in [2.45, 2.75) is 19.8 Å². The van der Waals surface area contributed by atoms with Crippen LogP contribution in [0, 0.1) is 12.7 Å². The first-order chi connectivity index (χ1) is 6.59. The van der Waals surface area contributed by atoms with Crippen LogP contribution in [-0.2, 0) is 11.2 Å². The molecule has 0 bridgehead atoms. The summed E-state index contributed by atoms with van der Waals surface area (Å²) in [7, 11) is 0. The molecule has 74 valence electrons. The number of fused-ring (bicyclic) bond motifs is 1. The number of carbonyl (C=O) groups excluding carboxylic acids is 1. The highest BCUT2D eigenvalue weighted by Gasteiger charge is 2.20. The van der Waals surface area contributed by atoms with E-state index in [2.05, 4.69) is 5.32 Å². The summed E-state index contributed by atoms with van der Waals surface area (Å²) in [4.78, 5) is 11.1. The first-order valence-electron chi connectivity index (χ1n) is 4.47. The van der Waals surface area contributed by atoms with Crippen LogP contribution in [0.15, 0.2) is 6.07 Å². The molecule has 1 aromatic carbocycles. The van der Waals surface area contributed by atoms with Crippen LogP contribution >= 0.6 is 0 Å². The molecule has 1 heterocycles. The van der Waals surface area contributed by atoms with Crippen molar-refractivity contribution in [3.63, 3.8) is 0 Å². The molecule has 0 saturated heterocycles. The lowest BCUT2D eigenvalue weighted by Crippen LogP contribution is -2.20. The third-order valence-electron chi connectivity index (χ3n) is 2.49. The van der Waals surface area contributed by atoms with E-state index < -0.39 is 5.82 Å². The molecular weight excluding hydrogens is 183 g/mol. The molecule has 0 atom stereocenters. The van der Waals surface area contributed by atoms with Crippen LogP contribution in [0.1, 0.15) is 17.5 Å². The minimum Gasteiger partial charge on any atom is -0.396 e. The van der Waals surface area contributed by atoms with Crippen molar-refractivity contribution in [3.8, 4) is 0 Å². The Morgan fingerprint density at radius 1 is 1.50 bits per heavy atom. The second-order valence-electron chi connectivity index (χ2n) is 3.49. The Morgan fingerprint density at radius 2 is 2.21 bits per heavy atom. The molecule has 3 N–H and O–H groups in total. The number of amides is 1. The molecule has 0 unspecified atom stereocenters. The van der Waals surface area contributed by atoms with Crippen LogP contribution in [0.4, 0.5) is 15.8 Å². The number of aryl methyl sites for hydroxylation is 1. The zero-order chi connectivity index (χ0) is 10.3. The summed E-state index contributed by atoms with van der Waals surface area (Å²) in [6.45, 7) is 1.62. The second-order valence-corrected chi connectivity index (χ2v) is 3.49. The minimum absolute atomic E-state index is 0.0650. The number of carbonyl (C=O) groups is 1. The van der Waals surface area contributed by atoms with Gasteiger partial charge in [-0.2, -0.15) is 0 Å². The molecule has 1 amide bonds. The van der Waals surface area contributed by atoms with Crippen molar-refractivity contribution < 1.29 is 9.18 Å². The Hall–Kier alpha value is -1.58. The second kappa shape index (κ2) is 2.97. The summed E-state index contributed by atoms with van der Waals surface area (Å²) < 4.78 is 13.4. The Morgan fingerprint density at radius 3 is 2.93 bits per heavy atom. The fraction of sp³-hybridized carbons (Fsp3) is 0.300. The van der Waals surface area contributed by atoms with E-state index in [-0.39, 0.29) is 11.6 Å². The van der Waals surface area contributed by atoms with Crippen molar-refractivity contribution in [1.82, 2.24) is 0 Å². The van der Waals surface area contributed by atoms with Gasteiger partial charge in [0.15, 0.2) is 5.82 Å². The quantitative estimate of drug-likeness (QED) is 0.616. The zero-order valence-corrected chi connectivity index (χ0v) is 7.86. The third-order valence-corrected chi connectivity index (χ3v) is 2.49. The van der Waals surface area contributed by atoms with Crippen molar-refractivity contribution in [3.05, 3.63) is 23.0 Å². The highest BCUT2D eigenvalue weighted by molar-refractivity contribution is 5.95.